The summed E-state index contributed by atoms with van der Waals surface area (Å²) in [5.41, 5.74) is 7.66. The van der Waals surface area contributed by atoms with Gasteiger partial charge in [0.25, 0.3) is 0 Å². The van der Waals surface area contributed by atoms with E-state index >= 15 is 0 Å². The summed E-state index contributed by atoms with van der Waals surface area (Å²) in [5, 5.41) is 1.16. The second-order valence-electron chi connectivity index (χ2n) is 3.94. The van der Waals surface area contributed by atoms with Gasteiger partial charge in [-0.1, -0.05) is 18.2 Å². The van der Waals surface area contributed by atoms with Gasteiger partial charge in [0.15, 0.2) is 0 Å². The van der Waals surface area contributed by atoms with Crippen molar-refractivity contribution in [1.29, 1.82) is 0 Å². The summed E-state index contributed by atoms with van der Waals surface area (Å²) in [4.78, 5) is 5.81. The number of nitrogens with two attached hydrogens (primary N) is 1. The zero-order valence-electron chi connectivity index (χ0n) is 9.67. The van der Waals surface area contributed by atoms with Gasteiger partial charge in [-0.3, -0.25) is 0 Å². The van der Waals surface area contributed by atoms with Crippen LogP contribution in [-0.4, -0.2) is 4.98 Å². The van der Waals surface area contributed by atoms with Gasteiger partial charge in [0.2, 0.25) is 0 Å². The normalized spacial score (nSPS) is 10.9. The molecule has 1 heterocycles. The van der Waals surface area contributed by atoms with Gasteiger partial charge in [-0.2, -0.15) is 0 Å². The topological polar surface area (TPSA) is 38.9 Å². The quantitative estimate of drug-likeness (QED) is 0.574. The molecule has 0 bridgehead atoms. The SMILES string of the molecule is Nc1cccc(SCc2nc3ccccc3s2)c1. The van der Waals surface area contributed by atoms with E-state index in [2.05, 4.69) is 29.2 Å². The summed E-state index contributed by atoms with van der Waals surface area (Å²) < 4.78 is 1.25. The Labute approximate surface area is 114 Å². The van der Waals surface area contributed by atoms with Crippen LogP contribution >= 0.6 is 23.1 Å². The molecule has 0 spiro atoms. The monoisotopic (exact) mass is 272 g/mol. The molecule has 0 saturated carbocycles. The van der Waals surface area contributed by atoms with Gasteiger partial charge in [-0.05, 0) is 30.3 Å². The van der Waals surface area contributed by atoms with Crippen LogP contribution in [0.25, 0.3) is 10.2 Å². The second kappa shape index (κ2) is 5.00. The third-order valence-corrected chi connectivity index (χ3v) is 4.78. The maximum atomic E-state index is 5.76. The molecule has 2 N–H and O–H groups in total. The second-order valence-corrected chi connectivity index (χ2v) is 6.10. The minimum Gasteiger partial charge on any atom is -0.399 e. The Morgan fingerprint density at radius 1 is 1.11 bits per heavy atom. The van der Waals surface area contributed by atoms with Gasteiger partial charge in [-0.15, -0.1) is 23.1 Å². The Hall–Kier alpha value is -1.52. The van der Waals surface area contributed by atoms with E-state index < -0.39 is 0 Å². The van der Waals surface area contributed by atoms with Crippen LogP contribution in [0.15, 0.2) is 53.4 Å². The number of thioether (sulfide) groups is 1. The van der Waals surface area contributed by atoms with Crippen LogP contribution in [0.5, 0.6) is 0 Å². The molecule has 90 valence electrons. The van der Waals surface area contributed by atoms with Gasteiger partial charge in [0.05, 0.1) is 16.0 Å². The number of hydrogen-bond acceptors (Lipinski definition) is 4. The molecule has 2 aromatic carbocycles. The average Bonchev–Trinajstić information content (AvgIpc) is 2.79. The van der Waals surface area contributed by atoms with Crippen LogP contribution in [0.3, 0.4) is 0 Å². The maximum absolute atomic E-state index is 5.76. The largest absolute Gasteiger partial charge is 0.399 e. The molecule has 1 aromatic heterocycles. The lowest BCUT2D eigenvalue weighted by Gasteiger charge is -1.99. The fraction of sp³-hybridized carbons (Fsp3) is 0.0714. The van der Waals surface area contributed by atoms with Crippen LogP contribution in [0.1, 0.15) is 5.01 Å². The van der Waals surface area contributed by atoms with Crippen molar-refractivity contribution < 1.29 is 0 Å². The summed E-state index contributed by atoms with van der Waals surface area (Å²) in [7, 11) is 0. The Kier molecular flexibility index (Phi) is 3.21. The number of aromatic nitrogens is 1. The zero-order valence-corrected chi connectivity index (χ0v) is 11.3. The number of nitrogen functional groups attached to an aromatic ring is 1. The molecule has 0 saturated heterocycles. The van der Waals surface area contributed by atoms with E-state index in [1.165, 1.54) is 9.60 Å². The standard InChI is InChI=1S/C14H12N2S2/c15-10-4-3-5-11(8-10)17-9-14-16-12-6-1-2-7-13(12)18-14/h1-8H,9,15H2. The lowest BCUT2D eigenvalue weighted by Crippen LogP contribution is -1.84. The van der Waals surface area contributed by atoms with Crippen molar-refractivity contribution in [3.8, 4) is 0 Å². The van der Waals surface area contributed by atoms with E-state index in [1.54, 1.807) is 23.1 Å². The van der Waals surface area contributed by atoms with E-state index in [4.69, 9.17) is 5.73 Å². The fourth-order valence-corrected chi connectivity index (χ4v) is 3.66. The number of anilines is 1. The molecule has 0 aliphatic rings. The first-order valence-electron chi connectivity index (χ1n) is 5.64. The highest BCUT2D eigenvalue weighted by Gasteiger charge is 2.03. The van der Waals surface area contributed by atoms with Crippen molar-refractivity contribution in [2.45, 2.75) is 10.6 Å². The molecule has 0 amide bonds. The predicted molar refractivity (Wildman–Crippen MR) is 80.0 cm³/mol. The Morgan fingerprint density at radius 3 is 2.83 bits per heavy atom. The fourth-order valence-electron chi connectivity index (χ4n) is 1.73. The smallest absolute Gasteiger partial charge is 0.104 e. The molecule has 0 radical (unpaired) electrons. The number of para-hydroxylation sites is 1. The molecular weight excluding hydrogens is 260 g/mol. The van der Waals surface area contributed by atoms with Crippen molar-refractivity contribution >= 4 is 39.0 Å². The molecule has 0 fully saturated rings. The lowest BCUT2D eigenvalue weighted by molar-refractivity contribution is 1.30. The molecule has 18 heavy (non-hydrogen) atoms. The maximum Gasteiger partial charge on any atom is 0.104 e. The average molecular weight is 272 g/mol. The molecule has 3 rings (SSSR count). The highest BCUT2D eigenvalue weighted by atomic mass is 32.2. The van der Waals surface area contributed by atoms with E-state index in [9.17, 15) is 0 Å². The molecule has 4 heteroatoms. The molecule has 0 aliphatic carbocycles. The number of rotatable bonds is 3. The van der Waals surface area contributed by atoms with Crippen molar-refractivity contribution in [1.82, 2.24) is 4.98 Å². The van der Waals surface area contributed by atoms with Gasteiger partial charge in [0.1, 0.15) is 5.01 Å². The van der Waals surface area contributed by atoms with E-state index in [0.29, 0.717) is 0 Å². The van der Waals surface area contributed by atoms with Gasteiger partial charge in [0, 0.05) is 10.6 Å². The van der Waals surface area contributed by atoms with E-state index in [1.807, 2.05) is 24.3 Å². The summed E-state index contributed by atoms with van der Waals surface area (Å²) >= 11 is 3.53. The molecule has 0 atom stereocenters. The minimum atomic E-state index is 0.810. The molecule has 2 nitrogen and oxygen atoms in total. The summed E-state index contributed by atoms with van der Waals surface area (Å²) in [6.45, 7) is 0. The van der Waals surface area contributed by atoms with Crippen molar-refractivity contribution in [3.63, 3.8) is 0 Å². The molecule has 0 unspecified atom stereocenters. The highest BCUT2D eigenvalue weighted by Crippen LogP contribution is 2.28. The number of hydrogen-bond donors (Lipinski definition) is 1. The number of fused-ring (bicyclic) bond motifs is 1. The van der Waals surface area contributed by atoms with Gasteiger partial charge in [-0.25, -0.2) is 4.98 Å². The van der Waals surface area contributed by atoms with Crippen molar-refractivity contribution in [2.24, 2.45) is 0 Å². The molecule has 0 aliphatic heterocycles. The molecular formula is C14H12N2S2. The first kappa shape index (κ1) is 11.6. The number of benzene rings is 2. The summed E-state index contributed by atoms with van der Waals surface area (Å²) in [6.07, 6.45) is 0. The van der Waals surface area contributed by atoms with Crippen LogP contribution in [0.2, 0.25) is 0 Å². The van der Waals surface area contributed by atoms with Gasteiger partial charge >= 0.3 is 0 Å². The Balaban J connectivity index is 1.76. The minimum absolute atomic E-state index is 0.810. The van der Waals surface area contributed by atoms with Crippen molar-refractivity contribution in [2.75, 3.05) is 5.73 Å². The number of thiazole rings is 1. The van der Waals surface area contributed by atoms with Crippen LogP contribution in [0.4, 0.5) is 5.69 Å². The Morgan fingerprint density at radius 2 is 2.00 bits per heavy atom. The third kappa shape index (κ3) is 2.49. The van der Waals surface area contributed by atoms with E-state index in [-0.39, 0.29) is 0 Å². The molecule has 3 aromatic rings. The highest BCUT2D eigenvalue weighted by molar-refractivity contribution is 7.98. The van der Waals surface area contributed by atoms with E-state index in [0.717, 1.165) is 22.0 Å². The first-order valence-corrected chi connectivity index (χ1v) is 7.44. The third-order valence-electron chi connectivity index (χ3n) is 2.56. The van der Waals surface area contributed by atoms with Crippen LogP contribution in [0, 0.1) is 0 Å². The van der Waals surface area contributed by atoms with Crippen LogP contribution < -0.4 is 5.73 Å². The van der Waals surface area contributed by atoms with Crippen molar-refractivity contribution in [3.05, 3.63) is 53.5 Å². The van der Waals surface area contributed by atoms with Crippen LogP contribution in [-0.2, 0) is 5.75 Å². The predicted octanol–water partition coefficient (Wildman–Crippen LogP) is 4.17. The summed E-state index contributed by atoms with van der Waals surface area (Å²) in [6, 6.07) is 16.2. The summed E-state index contributed by atoms with van der Waals surface area (Å²) in [5.74, 6) is 0.892. The Bertz CT molecular complexity index is 643. The first-order chi connectivity index (χ1) is 8.81. The zero-order chi connectivity index (χ0) is 12.4. The van der Waals surface area contributed by atoms with Gasteiger partial charge < -0.3 is 5.73 Å². The lowest BCUT2D eigenvalue weighted by atomic mass is 10.3. The number of nitrogens with zero attached hydrogens (tertiary/aromatic N) is 1.